The van der Waals surface area contributed by atoms with Gasteiger partial charge in [0.15, 0.2) is 0 Å². The van der Waals surface area contributed by atoms with Gasteiger partial charge in [-0.1, -0.05) is 18.2 Å². The molecule has 0 saturated heterocycles. The number of ether oxygens (including phenoxy) is 1. The molecule has 0 bridgehead atoms. The number of hydrogen-bond donors (Lipinski definition) is 2. The Bertz CT molecular complexity index is 974. The van der Waals surface area contributed by atoms with Crippen LogP contribution in [0, 0.1) is 6.92 Å². The largest absolute Gasteiger partial charge is 0.462 e. The Morgan fingerprint density at radius 3 is 2.50 bits per heavy atom. The Hall–Kier alpha value is -3.62. The quantitative estimate of drug-likeness (QED) is 0.677. The molecule has 0 radical (unpaired) electrons. The standard InChI is InChI=1S/C17H18N6O3/c1-3-26-17(25)12-9-20-23(14(12)18)16(24)13-10(2)21-22(15(13)19)11-7-5-4-6-8-11/h4-9H,3,18-19H2,1-2H3. The number of benzene rings is 1. The van der Waals surface area contributed by atoms with Gasteiger partial charge in [0.1, 0.15) is 22.8 Å². The number of carbonyl (C=O) groups is 2. The molecule has 3 aromatic rings. The van der Waals surface area contributed by atoms with Crippen LogP contribution in [0.5, 0.6) is 0 Å². The van der Waals surface area contributed by atoms with E-state index in [0.717, 1.165) is 4.68 Å². The van der Waals surface area contributed by atoms with Gasteiger partial charge in [-0.25, -0.2) is 9.48 Å². The number of nitrogen functional groups attached to an aromatic ring is 2. The lowest BCUT2D eigenvalue weighted by molar-refractivity contribution is 0.0527. The molecule has 2 aromatic heterocycles. The number of aromatic nitrogens is 4. The molecule has 0 aliphatic rings. The summed E-state index contributed by atoms with van der Waals surface area (Å²) >= 11 is 0. The zero-order chi connectivity index (χ0) is 18.8. The van der Waals surface area contributed by atoms with Crippen molar-refractivity contribution in [2.75, 3.05) is 18.1 Å². The molecule has 134 valence electrons. The maximum atomic E-state index is 12.9. The van der Waals surface area contributed by atoms with Gasteiger partial charge in [-0.3, -0.25) is 4.79 Å². The predicted molar refractivity (Wildman–Crippen MR) is 95.0 cm³/mol. The normalized spacial score (nSPS) is 10.7. The molecule has 0 aliphatic carbocycles. The van der Waals surface area contributed by atoms with Crippen LogP contribution < -0.4 is 11.5 Å². The van der Waals surface area contributed by atoms with Crippen LogP contribution in [0.4, 0.5) is 11.6 Å². The van der Waals surface area contributed by atoms with Crippen LogP contribution in [0.25, 0.3) is 5.69 Å². The second-order valence-corrected chi connectivity index (χ2v) is 5.47. The highest BCUT2D eigenvalue weighted by atomic mass is 16.5. The second kappa shape index (κ2) is 6.71. The van der Waals surface area contributed by atoms with Crippen LogP contribution in [-0.4, -0.2) is 38.0 Å². The Balaban J connectivity index is 2.02. The van der Waals surface area contributed by atoms with Gasteiger partial charge in [0.2, 0.25) is 0 Å². The molecule has 0 spiro atoms. The van der Waals surface area contributed by atoms with E-state index >= 15 is 0 Å². The van der Waals surface area contributed by atoms with E-state index in [-0.39, 0.29) is 29.4 Å². The van der Waals surface area contributed by atoms with Gasteiger partial charge in [-0.15, -0.1) is 0 Å². The summed E-state index contributed by atoms with van der Waals surface area (Å²) in [7, 11) is 0. The first-order valence-corrected chi connectivity index (χ1v) is 7.91. The number of aryl methyl sites for hydroxylation is 1. The average molecular weight is 354 g/mol. The fraction of sp³-hybridized carbons (Fsp3) is 0.176. The average Bonchev–Trinajstić information content (AvgIpc) is 3.15. The van der Waals surface area contributed by atoms with Crippen molar-refractivity contribution in [2.24, 2.45) is 0 Å². The van der Waals surface area contributed by atoms with Gasteiger partial charge >= 0.3 is 5.97 Å². The van der Waals surface area contributed by atoms with Crippen molar-refractivity contribution in [3.05, 3.63) is 53.3 Å². The molecule has 3 rings (SSSR count). The number of anilines is 2. The summed E-state index contributed by atoms with van der Waals surface area (Å²) < 4.78 is 7.28. The van der Waals surface area contributed by atoms with E-state index in [1.807, 2.05) is 30.3 Å². The molecule has 0 atom stereocenters. The van der Waals surface area contributed by atoms with Crippen molar-refractivity contribution >= 4 is 23.5 Å². The summed E-state index contributed by atoms with van der Waals surface area (Å²) in [6.07, 6.45) is 1.19. The monoisotopic (exact) mass is 354 g/mol. The van der Waals surface area contributed by atoms with Crippen LogP contribution in [0.1, 0.15) is 33.3 Å². The van der Waals surface area contributed by atoms with Gasteiger partial charge in [0.25, 0.3) is 5.91 Å². The van der Waals surface area contributed by atoms with Gasteiger partial charge in [0, 0.05) is 0 Å². The SMILES string of the molecule is CCOC(=O)c1cnn(C(=O)c2c(C)nn(-c3ccccc3)c2N)c1N. The molecule has 0 fully saturated rings. The third kappa shape index (κ3) is 2.79. The van der Waals surface area contributed by atoms with Crippen LogP contribution in [0.2, 0.25) is 0 Å². The van der Waals surface area contributed by atoms with Crippen molar-refractivity contribution in [2.45, 2.75) is 13.8 Å². The van der Waals surface area contributed by atoms with Crippen LogP contribution in [0.3, 0.4) is 0 Å². The number of nitrogens with zero attached hydrogens (tertiary/aromatic N) is 4. The van der Waals surface area contributed by atoms with Gasteiger partial charge in [-0.2, -0.15) is 14.9 Å². The lowest BCUT2D eigenvalue weighted by atomic mass is 10.2. The first-order valence-electron chi connectivity index (χ1n) is 7.91. The smallest absolute Gasteiger partial charge is 0.343 e. The number of rotatable bonds is 4. The van der Waals surface area contributed by atoms with Gasteiger partial charge < -0.3 is 16.2 Å². The van der Waals surface area contributed by atoms with Crippen LogP contribution >= 0.6 is 0 Å². The first kappa shape index (κ1) is 17.2. The Labute approximate surface area is 149 Å². The fourth-order valence-corrected chi connectivity index (χ4v) is 2.57. The van der Waals surface area contributed by atoms with Gasteiger partial charge in [0.05, 0.1) is 24.2 Å². The van der Waals surface area contributed by atoms with Crippen LogP contribution in [0.15, 0.2) is 36.5 Å². The third-order valence-electron chi connectivity index (χ3n) is 3.80. The summed E-state index contributed by atoms with van der Waals surface area (Å²) in [5.74, 6) is -1.17. The predicted octanol–water partition coefficient (Wildman–Crippen LogP) is 1.41. The molecule has 9 heteroatoms. The van der Waals surface area contributed by atoms with Crippen molar-refractivity contribution in [3.8, 4) is 5.69 Å². The first-order chi connectivity index (χ1) is 12.5. The maximum absolute atomic E-state index is 12.9. The fourth-order valence-electron chi connectivity index (χ4n) is 2.57. The van der Waals surface area contributed by atoms with Gasteiger partial charge in [-0.05, 0) is 26.0 Å². The minimum atomic E-state index is -0.645. The van der Waals surface area contributed by atoms with E-state index in [2.05, 4.69) is 10.2 Å². The molecule has 2 heterocycles. The minimum Gasteiger partial charge on any atom is -0.462 e. The van der Waals surface area contributed by atoms with Crippen molar-refractivity contribution in [3.63, 3.8) is 0 Å². The highest BCUT2D eigenvalue weighted by Crippen LogP contribution is 2.23. The minimum absolute atomic E-state index is 0.0203. The number of carbonyl (C=O) groups excluding carboxylic acids is 2. The van der Waals surface area contributed by atoms with Crippen molar-refractivity contribution in [1.82, 2.24) is 19.6 Å². The second-order valence-electron chi connectivity index (χ2n) is 5.47. The zero-order valence-corrected chi connectivity index (χ0v) is 14.3. The number of nitrogens with two attached hydrogens (primary N) is 2. The molecular formula is C17H18N6O3. The Kier molecular flexibility index (Phi) is 4.44. The Morgan fingerprint density at radius 1 is 1.15 bits per heavy atom. The summed E-state index contributed by atoms with van der Waals surface area (Å²) in [6.45, 7) is 3.52. The van der Waals surface area contributed by atoms with E-state index in [0.29, 0.717) is 11.4 Å². The molecule has 0 unspecified atom stereocenters. The molecule has 1 aromatic carbocycles. The third-order valence-corrected chi connectivity index (χ3v) is 3.80. The highest BCUT2D eigenvalue weighted by Gasteiger charge is 2.26. The lowest BCUT2D eigenvalue weighted by Crippen LogP contribution is -2.19. The number of hydrogen-bond acceptors (Lipinski definition) is 7. The number of esters is 1. The molecule has 9 nitrogen and oxygen atoms in total. The van der Waals surface area contributed by atoms with Crippen molar-refractivity contribution < 1.29 is 14.3 Å². The molecule has 0 aliphatic heterocycles. The summed E-state index contributed by atoms with van der Waals surface area (Å²) in [5.41, 5.74) is 13.4. The maximum Gasteiger partial charge on any atom is 0.343 e. The molecule has 4 N–H and O–H groups in total. The summed E-state index contributed by atoms with van der Waals surface area (Å²) in [4.78, 5) is 24.7. The highest BCUT2D eigenvalue weighted by molar-refractivity contribution is 6.04. The lowest BCUT2D eigenvalue weighted by Gasteiger charge is -2.06. The van der Waals surface area contributed by atoms with Crippen LogP contribution in [-0.2, 0) is 4.74 Å². The summed E-state index contributed by atoms with van der Waals surface area (Å²) in [6, 6.07) is 9.18. The van der Waals surface area contributed by atoms with E-state index in [4.69, 9.17) is 16.2 Å². The van der Waals surface area contributed by atoms with Crippen molar-refractivity contribution in [1.29, 1.82) is 0 Å². The molecule has 26 heavy (non-hydrogen) atoms. The van der Waals surface area contributed by atoms with E-state index in [1.54, 1.807) is 13.8 Å². The van der Waals surface area contributed by atoms with E-state index in [1.165, 1.54) is 10.9 Å². The summed E-state index contributed by atoms with van der Waals surface area (Å²) in [5, 5.41) is 8.23. The zero-order valence-electron chi connectivity index (χ0n) is 14.3. The Morgan fingerprint density at radius 2 is 1.85 bits per heavy atom. The van der Waals surface area contributed by atoms with E-state index in [9.17, 15) is 9.59 Å². The molecule has 0 saturated carbocycles. The number of para-hydroxylation sites is 1. The molecule has 0 amide bonds. The molecular weight excluding hydrogens is 336 g/mol. The topological polar surface area (TPSA) is 131 Å². The van der Waals surface area contributed by atoms with E-state index < -0.39 is 11.9 Å².